The van der Waals surface area contributed by atoms with Crippen LogP contribution in [0.5, 0.6) is 5.75 Å². The van der Waals surface area contributed by atoms with E-state index in [0.29, 0.717) is 24.9 Å². The lowest BCUT2D eigenvalue weighted by molar-refractivity contribution is 0.340. The Morgan fingerprint density at radius 3 is 2.46 bits per heavy atom. The van der Waals surface area contributed by atoms with Gasteiger partial charge in [0.2, 0.25) is 11.7 Å². The van der Waals surface area contributed by atoms with Crippen LogP contribution in [0.1, 0.15) is 39.1 Å². The van der Waals surface area contributed by atoms with Crippen LogP contribution in [0, 0.1) is 0 Å². The second-order valence-electron chi connectivity index (χ2n) is 7.12. The van der Waals surface area contributed by atoms with Gasteiger partial charge in [-0.2, -0.15) is 4.98 Å². The van der Waals surface area contributed by atoms with Crippen molar-refractivity contribution in [3.8, 4) is 17.1 Å². The third kappa shape index (κ3) is 4.23. The molecule has 1 aromatic heterocycles. The van der Waals surface area contributed by atoms with E-state index in [0.717, 1.165) is 17.0 Å². The number of anilines is 1. The van der Waals surface area contributed by atoms with E-state index in [2.05, 4.69) is 54.4 Å². The van der Waals surface area contributed by atoms with Crippen LogP contribution in [0.25, 0.3) is 11.4 Å². The zero-order valence-corrected chi connectivity index (χ0v) is 15.7. The first-order valence-electron chi connectivity index (χ1n) is 8.86. The number of aromatic nitrogens is 2. The molecular weight excluding hydrogens is 326 g/mol. The van der Waals surface area contributed by atoms with Crippen LogP contribution >= 0.6 is 0 Å². The zero-order chi connectivity index (χ0) is 18.6. The van der Waals surface area contributed by atoms with E-state index in [1.165, 1.54) is 5.56 Å². The minimum Gasteiger partial charge on any atom is -0.494 e. The summed E-state index contributed by atoms with van der Waals surface area (Å²) in [7, 11) is 0. The maximum Gasteiger partial charge on any atom is 0.246 e. The fraction of sp³-hybridized carbons (Fsp3) is 0.333. The first kappa shape index (κ1) is 18.0. The number of hydrogen-bond donors (Lipinski definition) is 1. The highest BCUT2D eigenvalue weighted by molar-refractivity contribution is 5.56. The largest absolute Gasteiger partial charge is 0.494 e. The first-order valence-corrected chi connectivity index (χ1v) is 8.86. The van der Waals surface area contributed by atoms with Crippen molar-refractivity contribution in [1.29, 1.82) is 0 Å². The molecule has 1 N–H and O–H groups in total. The Labute approximate surface area is 154 Å². The number of benzene rings is 2. The standard InChI is InChI=1S/C21H25N3O2/c1-5-25-16-12-10-15(11-13-16)20-23-19(26-24-20)14-22-18-9-7-6-8-17(18)21(2,3)4/h6-13,22H,5,14H2,1-4H3. The maximum atomic E-state index is 5.45. The van der Waals surface area contributed by atoms with E-state index in [1.807, 2.05) is 37.3 Å². The molecule has 0 spiro atoms. The van der Waals surface area contributed by atoms with Gasteiger partial charge < -0.3 is 14.6 Å². The predicted octanol–water partition coefficient (Wildman–Crippen LogP) is 5.04. The van der Waals surface area contributed by atoms with Gasteiger partial charge in [-0.1, -0.05) is 44.1 Å². The topological polar surface area (TPSA) is 60.2 Å². The van der Waals surface area contributed by atoms with Crippen molar-refractivity contribution >= 4 is 5.69 Å². The van der Waals surface area contributed by atoms with Gasteiger partial charge in [-0.05, 0) is 48.2 Å². The molecule has 0 aliphatic rings. The second kappa shape index (κ2) is 7.60. The number of nitrogens with one attached hydrogen (secondary N) is 1. The van der Waals surface area contributed by atoms with E-state index in [1.54, 1.807) is 0 Å². The maximum absolute atomic E-state index is 5.45. The second-order valence-corrected chi connectivity index (χ2v) is 7.12. The summed E-state index contributed by atoms with van der Waals surface area (Å²) < 4.78 is 10.8. The molecule has 0 aliphatic carbocycles. The van der Waals surface area contributed by atoms with E-state index in [9.17, 15) is 0 Å². The molecule has 5 nitrogen and oxygen atoms in total. The number of nitrogens with zero attached hydrogens (tertiary/aromatic N) is 2. The Balaban J connectivity index is 1.70. The van der Waals surface area contributed by atoms with Crippen molar-refractivity contribution in [1.82, 2.24) is 10.1 Å². The molecule has 0 unspecified atom stereocenters. The summed E-state index contributed by atoms with van der Waals surface area (Å²) in [6, 6.07) is 16.0. The highest BCUT2D eigenvalue weighted by Gasteiger charge is 2.17. The van der Waals surface area contributed by atoms with Gasteiger partial charge in [-0.25, -0.2) is 0 Å². The molecule has 0 radical (unpaired) electrons. The Bertz CT molecular complexity index is 848. The molecule has 136 valence electrons. The number of ether oxygens (including phenoxy) is 1. The van der Waals surface area contributed by atoms with Gasteiger partial charge in [-0.15, -0.1) is 0 Å². The van der Waals surface area contributed by atoms with Crippen molar-refractivity contribution in [2.75, 3.05) is 11.9 Å². The first-order chi connectivity index (χ1) is 12.5. The van der Waals surface area contributed by atoms with Gasteiger partial charge >= 0.3 is 0 Å². The molecule has 0 atom stereocenters. The van der Waals surface area contributed by atoms with Gasteiger partial charge in [-0.3, -0.25) is 0 Å². The predicted molar refractivity (Wildman–Crippen MR) is 103 cm³/mol. The minimum absolute atomic E-state index is 0.0614. The Kier molecular flexibility index (Phi) is 5.26. The van der Waals surface area contributed by atoms with E-state index < -0.39 is 0 Å². The number of hydrogen-bond acceptors (Lipinski definition) is 5. The molecule has 3 aromatic rings. The summed E-state index contributed by atoms with van der Waals surface area (Å²) in [4.78, 5) is 4.48. The molecule has 3 rings (SSSR count). The van der Waals surface area contributed by atoms with Gasteiger partial charge in [0.15, 0.2) is 0 Å². The summed E-state index contributed by atoms with van der Waals surface area (Å²) in [5.74, 6) is 1.96. The number of para-hydroxylation sites is 1. The van der Waals surface area contributed by atoms with E-state index in [-0.39, 0.29) is 5.41 Å². The minimum atomic E-state index is 0.0614. The van der Waals surface area contributed by atoms with Crippen LogP contribution < -0.4 is 10.1 Å². The van der Waals surface area contributed by atoms with Crippen LogP contribution in [0.2, 0.25) is 0 Å². The van der Waals surface area contributed by atoms with Crippen LogP contribution in [0.3, 0.4) is 0 Å². The van der Waals surface area contributed by atoms with E-state index >= 15 is 0 Å². The molecule has 1 heterocycles. The molecule has 5 heteroatoms. The number of rotatable bonds is 6. The van der Waals surface area contributed by atoms with Crippen LogP contribution in [0.4, 0.5) is 5.69 Å². The quantitative estimate of drug-likeness (QED) is 0.674. The van der Waals surface area contributed by atoms with Crippen LogP contribution in [-0.2, 0) is 12.0 Å². The molecule has 0 amide bonds. The fourth-order valence-corrected chi connectivity index (χ4v) is 2.77. The molecule has 0 saturated heterocycles. The molecular formula is C21H25N3O2. The summed E-state index contributed by atoms with van der Waals surface area (Å²) in [5.41, 5.74) is 3.30. The Morgan fingerprint density at radius 1 is 1.04 bits per heavy atom. The average Bonchev–Trinajstić information content (AvgIpc) is 3.09. The summed E-state index contributed by atoms with van der Waals surface area (Å²) in [6.07, 6.45) is 0. The Hall–Kier alpha value is -2.82. The molecule has 0 bridgehead atoms. The van der Waals surface area contributed by atoms with Crippen molar-refractivity contribution in [2.45, 2.75) is 39.7 Å². The van der Waals surface area contributed by atoms with Crippen molar-refractivity contribution < 1.29 is 9.26 Å². The Morgan fingerprint density at radius 2 is 1.77 bits per heavy atom. The lowest BCUT2D eigenvalue weighted by atomic mass is 9.86. The zero-order valence-electron chi connectivity index (χ0n) is 15.7. The molecule has 2 aromatic carbocycles. The fourth-order valence-electron chi connectivity index (χ4n) is 2.77. The lowest BCUT2D eigenvalue weighted by Crippen LogP contribution is -2.14. The lowest BCUT2D eigenvalue weighted by Gasteiger charge is -2.23. The van der Waals surface area contributed by atoms with Crippen LogP contribution in [0.15, 0.2) is 53.1 Å². The normalized spacial score (nSPS) is 11.4. The summed E-state index contributed by atoms with van der Waals surface area (Å²) in [6.45, 7) is 9.69. The molecule has 26 heavy (non-hydrogen) atoms. The third-order valence-electron chi connectivity index (χ3n) is 4.06. The van der Waals surface area contributed by atoms with Crippen molar-refractivity contribution in [3.05, 3.63) is 60.0 Å². The van der Waals surface area contributed by atoms with Gasteiger partial charge in [0.25, 0.3) is 0 Å². The van der Waals surface area contributed by atoms with Gasteiger partial charge in [0.05, 0.1) is 13.2 Å². The molecule has 0 fully saturated rings. The summed E-state index contributed by atoms with van der Waals surface area (Å²) in [5, 5.41) is 7.49. The SMILES string of the molecule is CCOc1ccc(-c2noc(CNc3ccccc3C(C)(C)C)n2)cc1. The summed E-state index contributed by atoms with van der Waals surface area (Å²) >= 11 is 0. The highest BCUT2D eigenvalue weighted by atomic mass is 16.5. The third-order valence-corrected chi connectivity index (χ3v) is 4.06. The van der Waals surface area contributed by atoms with Crippen molar-refractivity contribution in [2.24, 2.45) is 0 Å². The monoisotopic (exact) mass is 351 g/mol. The van der Waals surface area contributed by atoms with Gasteiger partial charge in [0, 0.05) is 11.3 Å². The van der Waals surface area contributed by atoms with E-state index in [4.69, 9.17) is 9.26 Å². The molecule has 0 aliphatic heterocycles. The highest BCUT2D eigenvalue weighted by Crippen LogP contribution is 2.29. The molecule has 0 saturated carbocycles. The van der Waals surface area contributed by atoms with Gasteiger partial charge in [0.1, 0.15) is 5.75 Å². The van der Waals surface area contributed by atoms with Crippen LogP contribution in [-0.4, -0.2) is 16.7 Å². The average molecular weight is 351 g/mol. The smallest absolute Gasteiger partial charge is 0.246 e. The van der Waals surface area contributed by atoms with Crippen molar-refractivity contribution in [3.63, 3.8) is 0 Å².